The van der Waals surface area contributed by atoms with E-state index in [1.165, 1.54) is 13.2 Å². The molecule has 0 saturated heterocycles. The molecule has 0 aliphatic heterocycles. The fraction of sp³-hybridized carbons (Fsp3) is 0.217. The summed E-state index contributed by atoms with van der Waals surface area (Å²) in [5.41, 5.74) is 2.08. The van der Waals surface area contributed by atoms with E-state index >= 15 is 0 Å². The summed E-state index contributed by atoms with van der Waals surface area (Å²) in [6, 6.07) is 12.5. The van der Waals surface area contributed by atoms with E-state index in [0.29, 0.717) is 12.0 Å². The van der Waals surface area contributed by atoms with Crippen molar-refractivity contribution in [3.8, 4) is 0 Å². The van der Waals surface area contributed by atoms with E-state index in [0.717, 1.165) is 11.1 Å². The molecule has 2 aromatic rings. The maximum Gasteiger partial charge on any atom is 0.323 e. The number of para-hydroxylation sites is 1. The minimum Gasteiger partial charge on any atom is -0.468 e. The molecule has 162 valence electrons. The van der Waals surface area contributed by atoms with Crippen LogP contribution in [0.3, 0.4) is 0 Å². The van der Waals surface area contributed by atoms with Crippen molar-refractivity contribution >= 4 is 35.7 Å². The number of hydrogen-bond donors (Lipinski definition) is 3. The summed E-state index contributed by atoms with van der Waals surface area (Å²) < 4.78 is 4.67. The van der Waals surface area contributed by atoms with Crippen LogP contribution in [-0.2, 0) is 25.7 Å². The molecule has 8 nitrogen and oxygen atoms in total. The zero-order valence-electron chi connectivity index (χ0n) is 17.0. The number of Topliss-reactive ketones (excluding diaryl/α,β-unsaturated/α-hetero) is 1. The van der Waals surface area contributed by atoms with E-state index in [1.54, 1.807) is 54.6 Å². The molecule has 31 heavy (non-hydrogen) atoms. The van der Waals surface area contributed by atoms with E-state index in [9.17, 15) is 19.2 Å². The number of hydrogen-bond acceptors (Lipinski definition) is 7. The summed E-state index contributed by atoms with van der Waals surface area (Å²) in [7, 11) is 1.19. The van der Waals surface area contributed by atoms with Gasteiger partial charge in [-0.15, -0.1) is 0 Å². The Morgan fingerprint density at radius 3 is 2.45 bits per heavy atom. The predicted molar refractivity (Wildman–Crippen MR) is 115 cm³/mol. The SMILES string of the molecule is COC(=O)C(CC(=O)c1ccccc1NC(=O)/C=C/c1ccc(CO)cc1)NCC=O. The van der Waals surface area contributed by atoms with Crippen molar-refractivity contribution < 1.29 is 29.0 Å². The molecular formula is C23H24N2O6. The Morgan fingerprint density at radius 2 is 1.81 bits per heavy atom. The number of rotatable bonds is 11. The normalized spacial score (nSPS) is 11.7. The number of anilines is 1. The zero-order valence-corrected chi connectivity index (χ0v) is 17.0. The van der Waals surface area contributed by atoms with Gasteiger partial charge < -0.3 is 20.0 Å². The van der Waals surface area contributed by atoms with Gasteiger partial charge >= 0.3 is 5.97 Å². The number of nitrogens with one attached hydrogen (secondary N) is 2. The Kier molecular flexibility index (Phi) is 9.28. The number of esters is 1. The van der Waals surface area contributed by atoms with Crippen LogP contribution in [0.4, 0.5) is 5.69 Å². The van der Waals surface area contributed by atoms with Gasteiger partial charge in [-0.2, -0.15) is 0 Å². The van der Waals surface area contributed by atoms with Gasteiger partial charge in [0.15, 0.2) is 5.78 Å². The van der Waals surface area contributed by atoms with Crippen molar-refractivity contribution in [2.75, 3.05) is 19.0 Å². The fourth-order valence-corrected chi connectivity index (χ4v) is 2.78. The third kappa shape index (κ3) is 7.29. The highest BCUT2D eigenvalue weighted by Gasteiger charge is 2.24. The Bertz CT molecular complexity index is 953. The van der Waals surface area contributed by atoms with Gasteiger partial charge in [-0.25, -0.2) is 0 Å². The van der Waals surface area contributed by atoms with Gasteiger partial charge in [0.1, 0.15) is 12.3 Å². The van der Waals surface area contributed by atoms with Gasteiger partial charge in [0.25, 0.3) is 0 Å². The average molecular weight is 424 g/mol. The van der Waals surface area contributed by atoms with Gasteiger partial charge in [0.2, 0.25) is 5.91 Å². The number of aldehydes is 1. The summed E-state index contributed by atoms with van der Waals surface area (Å²) in [4.78, 5) is 47.5. The second-order valence-electron chi connectivity index (χ2n) is 6.55. The monoisotopic (exact) mass is 424 g/mol. The van der Waals surface area contributed by atoms with Crippen LogP contribution in [0.25, 0.3) is 6.08 Å². The highest BCUT2D eigenvalue weighted by molar-refractivity contribution is 6.09. The quantitative estimate of drug-likeness (QED) is 0.217. The van der Waals surface area contributed by atoms with Crippen molar-refractivity contribution in [2.45, 2.75) is 19.1 Å². The standard InChI is InChI=1S/C23H24N2O6/c1-31-23(30)20(24-12-13-26)14-21(28)18-4-2-3-5-19(18)25-22(29)11-10-16-6-8-17(15-27)9-7-16/h2-11,13,20,24,27H,12,14-15H2,1H3,(H,25,29)/b11-10+. The first-order valence-electron chi connectivity index (χ1n) is 9.54. The molecule has 0 aliphatic rings. The van der Waals surface area contributed by atoms with Crippen LogP contribution in [0, 0.1) is 0 Å². The van der Waals surface area contributed by atoms with Gasteiger partial charge in [-0.1, -0.05) is 36.4 Å². The maximum atomic E-state index is 12.8. The predicted octanol–water partition coefficient (Wildman–Crippen LogP) is 1.73. The molecule has 1 unspecified atom stereocenters. The van der Waals surface area contributed by atoms with Crippen molar-refractivity contribution in [1.29, 1.82) is 0 Å². The number of aliphatic hydroxyl groups is 1. The lowest BCUT2D eigenvalue weighted by atomic mass is 10.0. The highest BCUT2D eigenvalue weighted by atomic mass is 16.5. The second-order valence-corrected chi connectivity index (χ2v) is 6.55. The molecular weight excluding hydrogens is 400 g/mol. The lowest BCUT2D eigenvalue weighted by molar-refractivity contribution is -0.143. The number of ether oxygens (including phenoxy) is 1. The summed E-state index contributed by atoms with van der Waals surface area (Å²) in [6.07, 6.45) is 3.29. The number of aliphatic hydroxyl groups excluding tert-OH is 1. The number of methoxy groups -OCH3 is 1. The molecule has 0 aromatic heterocycles. The topological polar surface area (TPSA) is 122 Å². The summed E-state index contributed by atoms with van der Waals surface area (Å²) >= 11 is 0. The first-order chi connectivity index (χ1) is 15.0. The van der Waals surface area contributed by atoms with Crippen LogP contribution in [0.15, 0.2) is 54.6 Å². The Hall–Kier alpha value is -3.62. The number of ketones is 1. The van der Waals surface area contributed by atoms with E-state index in [2.05, 4.69) is 15.4 Å². The number of carbonyl (C=O) groups excluding carboxylic acids is 4. The van der Waals surface area contributed by atoms with Gasteiger partial charge in [0, 0.05) is 18.1 Å². The van der Waals surface area contributed by atoms with Crippen molar-refractivity contribution in [3.63, 3.8) is 0 Å². The zero-order chi connectivity index (χ0) is 22.6. The highest BCUT2D eigenvalue weighted by Crippen LogP contribution is 2.18. The van der Waals surface area contributed by atoms with Crippen LogP contribution < -0.4 is 10.6 Å². The van der Waals surface area contributed by atoms with Gasteiger partial charge in [-0.05, 0) is 29.3 Å². The van der Waals surface area contributed by atoms with E-state index < -0.39 is 23.7 Å². The minimum atomic E-state index is -0.978. The molecule has 0 saturated carbocycles. The lowest BCUT2D eigenvalue weighted by Gasteiger charge is -2.15. The molecule has 8 heteroatoms. The molecule has 0 aliphatic carbocycles. The molecule has 1 amide bonds. The molecule has 0 heterocycles. The smallest absolute Gasteiger partial charge is 0.323 e. The molecule has 0 spiro atoms. The van der Waals surface area contributed by atoms with Crippen LogP contribution in [0.2, 0.25) is 0 Å². The first kappa shape index (κ1) is 23.7. The molecule has 0 fully saturated rings. The largest absolute Gasteiger partial charge is 0.468 e. The Balaban J connectivity index is 2.09. The number of benzene rings is 2. The second kappa shape index (κ2) is 12.2. The third-order valence-electron chi connectivity index (χ3n) is 4.40. The average Bonchev–Trinajstić information content (AvgIpc) is 2.80. The summed E-state index contributed by atoms with van der Waals surface area (Å²) in [6.45, 7) is -0.160. The summed E-state index contributed by atoms with van der Waals surface area (Å²) in [5.74, 6) is -1.49. The van der Waals surface area contributed by atoms with Crippen LogP contribution >= 0.6 is 0 Å². The van der Waals surface area contributed by atoms with Crippen molar-refractivity contribution in [2.24, 2.45) is 0 Å². The maximum absolute atomic E-state index is 12.8. The van der Waals surface area contributed by atoms with Crippen molar-refractivity contribution in [3.05, 3.63) is 71.3 Å². The molecule has 2 aromatic carbocycles. The van der Waals surface area contributed by atoms with E-state index in [1.807, 2.05) is 0 Å². The minimum absolute atomic E-state index is 0.0587. The third-order valence-corrected chi connectivity index (χ3v) is 4.40. The Labute approximate surface area is 179 Å². The van der Waals surface area contributed by atoms with Crippen LogP contribution in [0.1, 0.15) is 27.9 Å². The molecule has 3 N–H and O–H groups in total. The molecule has 0 bridgehead atoms. The van der Waals surface area contributed by atoms with Crippen LogP contribution in [-0.4, -0.2) is 48.7 Å². The van der Waals surface area contributed by atoms with Gasteiger partial charge in [-0.3, -0.25) is 19.7 Å². The molecule has 2 rings (SSSR count). The first-order valence-corrected chi connectivity index (χ1v) is 9.54. The molecule has 0 radical (unpaired) electrons. The van der Waals surface area contributed by atoms with Gasteiger partial charge in [0.05, 0.1) is 25.9 Å². The Morgan fingerprint density at radius 1 is 1.10 bits per heavy atom. The summed E-state index contributed by atoms with van der Waals surface area (Å²) in [5, 5.41) is 14.4. The van der Waals surface area contributed by atoms with E-state index in [-0.39, 0.29) is 25.1 Å². The number of amides is 1. The number of carbonyl (C=O) groups is 4. The van der Waals surface area contributed by atoms with Crippen molar-refractivity contribution in [1.82, 2.24) is 5.32 Å². The lowest BCUT2D eigenvalue weighted by Crippen LogP contribution is -2.40. The molecule has 1 atom stereocenters. The van der Waals surface area contributed by atoms with Crippen LogP contribution in [0.5, 0.6) is 0 Å². The fourth-order valence-electron chi connectivity index (χ4n) is 2.78. The van der Waals surface area contributed by atoms with E-state index in [4.69, 9.17) is 5.11 Å².